The second-order valence-electron chi connectivity index (χ2n) is 7.02. The highest BCUT2D eigenvalue weighted by atomic mass is 32.2. The zero-order valence-corrected chi connectivity index (χ0v) is 17.9. The quantitative estimate of drug-likeness (QED) is 0.539. The highest BCUT2D eigenvalue weighted by molar-refractivity contribution is 7.79. The first-order chi connectivity index (χ1) is 15.2. The lowest BCUT2D eigenvalue weighted by molar-refractivity contribution is 0.0306. The maximum atomic E-state index is 12.1. The van der Waals surface area contributed by atoms with Crippen molar-refractivity contribution in [3.05, 3.63) is 66.5 Å². The maximum Gasteiger partial charge on any atom is 0.175 e. The summed E-state index contributed by atoms with van der Waals surface area (Å²) < 4.78 is 32.9. The second kappa shape index (κ2) is 9.97. The number of methoxy groups -OCH3 is 1. The number of hydrogen-bond acceptors (Lipinski definition) is 7. The van der Waals surface area contributed by atoms with Gasteiger partial charge in [0.15, 0.2) is 11.1 Å². The standard InChI is InChI=1S/C22H24N4O4S/c1-29-20-8-3-2-7-18(20)19-14-21(24-15-23-19)25-17-6-4-5-16(13-17)22(31(27)28)26-9-11-30-12-10-26/h2-8,13-15,22H,9-12H2,1H3,(H,27,28)(H,23,24,25). The largest absolute Gasteiger partial charge is 0.496 e. The fraction of sp³-hybridized carbons (Fsp3) is 0.273. The molecule has 4 rings (SSSR count). The van der Waals surface area contributed by atoms with Gasteiger partial charge in [-0.25, -0.2) is 14.2 Å². The van der Waals surface area contributed by atoms with E-state index in [4.69, 9.17) is 9.47 Å². The SMILES string of the molecule is COc1ccccc1-c1cc(Nc2cccc(C(N3CCOCC3)S(=O)O)c2)ncn1. The lowest BCUT2D eigenvalue weighted by Crippen LogP contribution is -2.40. The normalized spacial score (nSPS) is 16.5. The molecule has 1 aliphatic heterocycles. The summed E-state index contributed by atoms with van der Waals surface area (Å²) in [7, 11) is 1.63. The van der Waals surface area contributed by atoms with Gasteiger partial charge in [-0.2, -0.15) is 0 Å². The summed E-state index contributed by atoms with van der Waals surface area (Å²) in [5.74, 6) is 1.34. The van der Waals surface area contributed by atoms with Gasteiger partial charge < -0.3 is 19.3 Å². The third-order valence-corrected chi connectivity index (χ3v) is 6.01. The van der Waals surface area contributed by atoms with E-state index >= 15 is 0 Å². The number of ether oxygens (including phenoxy) is 2. The van der Waals surface area contributed by atoms with Gasteiger partial charge in [0, 0.05) is 30.4 Å². The molecule has 1 fully saturated rings. The molecule has 1 aliphatic rings. The van der Waals surface area contributed by atoms with Crippen LogP contribution in [0.2, 0.25) is 0 Å². The Morgan fingerprint density at radius 3 is 2.71 bits per heavy atom. The Labute approximate surface area is 183 Å². The van der Waals surface area contributed by atoms with E-state index < -0.39 is 16.5 Å². The second-order valence-corrected chi connectivity index (χ2v) is 8.01. The first-order valence-electron chi connectivity index (χ1n) is 9.89. The third kappa shape index (κ3) is 5.08. The van der Waals surface area contributed by atoms with Crippen LogP contribution in [0.25, 0.3) is 11.3 Å². The summed E-state index contributed by atoms with van der Waals surface area (Å²) in [5, 5.41) is 2.66. The van der Waals surface area contributed by atoms with Crippen LogP contribution in [0.15, 0.2) is 60.9 Å². The van der Waals surface area contributed by atoms with Crippen LogP contribution in [0, 0.1) is 0 Å². The van der Waals surface area contributed by atoms with Crippen LogP contribution in [0.5, 0.6) is 5.75 Å². The van der Waals surface area contributed by atoms with Crippen LogP contribution in [-0.4, -0.2) is 57.0 Å². The molecule has 2 heterocycles. The molecule has 3 aromatic rings. The summed E-state index contributed by atoms with van der Waals surface area (Å²) in [6.07, 6.45) is 1.49. The molecule has 2 aromatic carbocycles. The smallest absolute Gasteiger partial charge is 0.175 e. The topological polar surface area (TPSA) is 96.8 Å². The minimum Gasteiger partial charge on any atom is -0.496 e. The number of nitrogens with one attached hydrogen (secondary N) is 1. The van der Waals surface area contributed by atoms with Gasteiger partial charge in [-0.05, 0) is 29.8 Å². The van der Waals surface area contributed by atoms with Gasteiger partial charge in [0.05, 0.1) is 26.0 Å². The van der Waals surface area contributed by atoms with Crippen LogP contribution in [0.1, 0.15) is 10.9 Å². The molecule has 8 nitrogen and oxygen atoms in total. The Morgan fingerprint density at radius 1 is 1.13 bits per heavy atom. The molecule has 0 spiro atoms. The van der Waals surface area contributed by atoms with Crippen molar-refractivity contribution in [1.82, 2.24) is 14.9 Å². The summed E-state index contributed by atoms with van der Waals surface area (Å²) in [5.41, 5.74) is 3.12. The zero-order valence-electron chi connectivity index (χ0n) is 17.1. The molecule has 1 aromatic heterocycles. The molecule has 2 atom stereocenters. The van der Waals surface area contributed by atoms with Gasteiger partial charge in [0.2, 0.25) is 0 Å². The molecule has 162 valence electrons. The third-order valence-electron chi connectivity index (χ3n) is 5.06. The lowest BCUT2D eigenvalue weighted by atomic mass is 10.1. The van der Waals surface area contributed by atoms with Gasteiger partial charge in [-0.1, -0.05) is 24.3 Å². The number of benzene rings is 2. The molecule has 0 amide bonds. The van der Waals surface area contributed by atoms with E-state index in [1.165, 1.54) is 6.33 Å². The minimum absolute atomic E-state index is 0.554. The molecular formula is C22H24N4O4S. The molecule has 0 saturated carbocycles. The number of aromatic nitrogens is 2. The van der Waals surface area contributed by atoms with Gasteiger partial charge in [0.25, 0.3) is 0 Å². The van der Waals surface area contributed by atoms with E-state index in [2.05, 4.69) is 15.3 Å². The molecule has 2 unspecified atom stereocenters. The van der Waals surface area contributed by atoms with Crippen LogP contribution >= 0.6 is 0 Å². The van der Waals surface area contributed by atoms with Crippen molar-refractivity contribution in [1.29, 1.82) is 0 Å². The number of anilines is 2. The van der Waals surface area contributed by atoms with E-state index in [-0.39, 0.29) is 0 Å². The van der Waals surface area contributed by atoms with E-state index in [0.29, 0.717) is 32.1 Å². The van der Waals surface area contributed by atoms with Crippen LogP contribution in [0.4, 0.5) is 11.5 Å². The number of nitrogens with zero attached hydrogens (tertiary/aromatic N) is 3. The number of morpholine rings is 1. The highest BCUT2D eigenvalue weighted by Crippen LogP contribution is 2.30. The van der Waals surface area contributed by atoms with Crippen molar-refractivity contribution in [3.8, 4) is 17.0 Å². The van der Waals surface area contributed by atoms with Gasteiger partial charge in [-0.3, -0.25) is 4.90 Å². The molecule has 0 aliphatic carbocycles. The average molecular weight is 441 g/mol. The fourth-order valence-electron chi connectivity index (χ4n) is 3.61. The van der Waals surface area contributed by atoms with Gasteiger partial charge in [0.1, 0.15) is 23.3 Å². The Hall–Kier alpha value is -2.85. The van der Waals surface area contributed by atoms with Crippen LogP contribution in [-0.2, 0) is 15.8 Å². The van der Waals surface area contributed by atoms with E-state index in [1.807, 2.05) is 59.5 Å². The summed E-state index contributed by atoms with van der Waals surface area (Å²) in [6.45, 7) is 2.34. The van der Waals surface area contributed by atoms with Gasteiger partial charge >= 0.3 is 0 Å². The van der Waals surface area contributed by atoms with Crippen molar-refractivity contribution in [2.45, 2.75) is 5.37 Å². The minimum atomic E-state index is -2.04. The van der Waals surface area contributed by atoms with Crippen LogP contribution in [0.3, 0.4) is 0 Å². The van der Waals surface area contributed by atoms with Crippen LogP contribution < -0.4 is 10.1 Å². The maximum absolute atomic E-state index is 12.1. The monoisotopic (exact) mass is 440 g/mol. The van der Waals surface area contributed by atoms with Crippen molar-refractivity contribution in [2.24, 2.45) is 0 Å². The molecule has 1 saturated heterocycles. The molecule has 9 heteroatoms. The predicted octanol–water partition coefficient (Wildman–Crippen LogP) is 3.45. The van der Waals surface area contributed by atoms with E-state index in [0.717, 1.165) is 28.3 Å². The molecule has 31 heavy (non-hydrogen) atoms. The van der Waals surface area contributed by atoms with Crippen molar-refractivity contribution in [2.75, 3.05) is 38.7 Å². The van der Waals surface area contributed by atoms with E-state index in [1.54, 1.807) is 7.11 Å². The summed E-state index contributed by atoms with van der Waals surface area (Å²) in [4.78, 5) is 10.7. The molecule has 2 N–H and O–H groups in total. The molecule has 0 radical (unpaired) electrons. The highest BCUT2D eigenvalue weighted by Gasteiger charge is 2.27. The predicted molar refractivity (Wildman–Crippen MR) is 120 cm³/mol. The fourth-order valence-corrected chi connectivity index (χ4v) is 4.46. The molecule has 0 bridgehead atoms. The number of para-hydroxylation sites is 1. The average Bonchev–Trinajstić information content (AvgIpc) is 2.80. The van der Waals surface area contributed by atoms with Gasteiger partial charge in [-0.15, -0.1) is 0 Å². The molecular weight excluding hydrogens is 416 g/mol. The Morgan fingerprint density at radius 2 is 1.94 bits per heavy atom. The first-order valence-corrected chi connectivity index (χ1v) is 11.1. The number of hydrogen-bond donors (Lipinski definition) is 2. The Balaban J connectivity index is 1.58. The summed E-state index contributed by atoms with van der Waals surface area (Å²) >= 11 is -2.04. The zero-order chi connectivity index (χ0) is 21.6. The van der Waals surface area contributed by atoms with E-state index in [9.17, 15) is 8.76 Å². The van der Waals surface area contributed by atoms with Crippen molar-refractivity contribution in [3.63, 3.8) is 0 Å². The number of rotatable bonds is 7. The Kier molecular flexibility index (Phi) is 6.88. The van der Waals surface area contributed by atoms with Crippen molar-refractivity contribution >= 4 is 22.6 Å². The van der Waals surface area contributed by atoms with Crippen molar-refractivity contribution < 1.29 is 18.2 Å². The Bertz CT molecular complexity index is 1060. The summed E-state index contributed by atoms with van der Waals surface area (Å²) in [6, 6.07) is 17.0. The first kappa shape index (κ1) is 21.4. The lowest BCUT2D eigenvalue weighted by Gasteiger charge is -2.32.